The van der Waals surface area contributed by atoms with Crippen molar-refractivity contribution in [3.8, 4) is 11.5 Å². The van der Waals surface area contributed by atoms with Gasteiger partial charge in [-0.15, -0.1) is 0 Å². The van der Waals surface area contributed by atoms with E-state index in [4.69, 9.17) is 9.47 Å². The van der Waals surface area contributed by atoms with E-state index in [0.29, 0.717) is 33.8 Å². The standard InChI is InChI=1S/C27H26N2O5/c1-17(19-9-7-8-12-23(19)33-3)28(2)25(30)22-15-18(13-14-24(22)34-4)16-29-26(31)20-10-5-6-11-21(20)27(29)32/h5-15,17H,16H2,1-4H3. The maximum Gasteiger partial charge on any atom is 0.261 e. The van der Waals surface area contributed by atoms with E-state index in [1.807, 2.05) is 31.2 Å². The molecule has 7 nitrogen and oxygen atoms in total. The number of carbonyl (C=O) groups is 3. The van der Waals surface area contributed by atoms with Crippen molar-refractivity contribution in [3.63, 3.8) is 0 Å². The number of fused-ring (bicyclic) bond motifs is 1. The van der Waals surface area contributed by atoms with E-state index in [9.17, 15) is 14.4 Å². The summed E-state index contributed by atoms with van der Waals surface area (Å²) in [5.74, 6) is 0.174. The number of ether oxygens (including phenoxy) is 2. The summed E-state index contributed by atoms with van der Waals surface area (Å²) >= 11 is 0. The molecule has 1 aliphatic rings. The Labute approximate surface area is 198 Å². The van der Waals surface area contributed by atoms with Crippen LogP contribution in [0.25, 0.3) is 0 Å². The van der Waals surface area contributed by atoms with Crippen LogP contribution >= 0.6 is 0 Å². The molecule has 0 saturated heterocycles. The third-order valence-corrected chi connectivity index (χ3v) is 6.20. The fourth-order valence-corrected chi connectivity index (χ4v) is 4.17. The first kappa shape index (κ1) is 23.0. The highest BCUT2D eigenvalue weighted by atomic mass is 16.5. The monoisotopic (exact) mass is 458 g/mol. The number of carbonyl (C=O) groups excluding carboxylic acids is 3. The van der Waals surface area contributed by atoms with Crippen LogP contribution in [0.3, 0.4) is 0 Å². The van der Waals surface area contributed by atoms with Crippen LogP contribution in [0.4, 0.5) is 0 Å². The highest BCUT2D eigenvalue weighted by Crippen LogP contribution is 2.31. The van der Waals surface area contributed by atoms with Gasteiger partial charge in [-0.25, -0.2) is 0 Å². The van der Waals surface area contributed by atoms with E-state index >= 15 is 0 Å². The molecule has 0 radical (unpaired) electrons. The van der Waals surface area contributed by atoms with Crippen molar-refractivity contribution in [3.05, 3.63) is 94.5 Å². The van der Waals surface area contributed by atoms with Gasteiger partial charge in [-0.3, -0.25) is 19.3 Å². The second kappa shape index (κ2) is 9.39. The van der Waals surface area contributed by atoms with Gasteiger partial charge < -0.3 is 14.4 Å². The second-order valence-corrected chi connectivity index (χ2v) is 8.11. The van der Waals surface area contributed by atoms with Crippen LogP contribution in [-0.4, -0.2) is 48.8 Å². The number of para-hydroxylation sites is 1. The van der Waals surface area contributed by atoms with Crippen molar-refractivity contribution < 1.29 is 23.9 Å². The van der Waals surface area contributed by atoms with Crippen LogP contribution in [0, 0.1) is 0 Å². The summed E-state index contributed by atoms with van der Waals surface area (Å²) in [6, 6.07) is 19.1. The summed E-state index contributed by atoms with van der Waals surface area (Å²) in [5.41, 5.74) is 2.66. The van der Waals surface area contributed by atoms with Crippen LogP contribution in [0.1, 0.15) is 55.2 Å². The SMILES string of the molecule is COc1ccc(CN2C(=O)c3ccccc3C2=O)cc1C(=O)N(C)C(C)c1ccccc1OC. The summed E-state index contributed by atoms with van der Waals surface area (Å²) in [6.45, 7) is 1.98. The molecule has 1 aliphatic heterocycles. The van der Waals surface area contributed by atoms with Crippen LogP contribution in [0.15, 0.2) is 66.7 Å². The number of nitrogens with zero attached hydrogens (tertiary/aromatic N) is 2. The molecule has 0 N–H and O–H groups in total. The van der Waals surface area contributed by atoms with E-state index in [0.717, 1.165) is 5.56 Å². The highest BCUT2D eigenvalue weighted by molar-refractivity contribution is 6.21. The number of rotatable bonds is 7. The average Bonchev–Trinajstić information content (AvgIpc) is 3.12. The largest absolute Gasteiger partial charge is 0.496 e. The summed E-state index contributed by atoms with van der Waals surface area (Å²) in [7, 11) is 4.81. The molecule has 0 bridgehead atoms. The number of hydrogen-bond donors (Lipinski definition) is 0. The molecule has 3 amide bonds. The second-order valence-electron chi connectivity index (χ2n) is 8.11. The first-order chi connectivity index (χ1) is 16.4. The minimum Gasteiger partial charge on any atom is -0.496 e. The summed E-state index contributed by atoms with van der Waals surface area (Å²) < 4.78 is 10.9. The molecule has 7 heteroatoms. The molecule has 1 atom stereocenters. The Morgan fingerprint density at radius 3 is 2.09 bits per heavy atom. The van der Waals surface area contributed by atoms with E-state index in [1.54, 1.807) is 61.5 Å². The number of benzene rings is 3. The molecule has 3 aromatic rings. The maximum atomic E-state index is 13.5. The van der Waals surface area contributed by atoms with Crippen LogP contribution in [-0.2, 0) is 6.54 Å². The fraction of sp³-hybridized carbons (Fsp3) is 0.222. The summed E-state index contributed by atoms with van der Waals surface area (Å²) in [4.78, 5) is 41.8. The van der Waals surface area contributed by atoms with Gasteiger partial charge in [-0.05, 0) is 42.8 Å². The number of imide groups is 1. The fourth-order valence-electron chi connectivity index (χ4n) is 4.17. The molecule has 0 saturated carbocycles. The molecule has 174 valence electrons. The summed E-state index contributed by atoms with van der Waals surface area (Å²) in [5, 5.41) is 0. The predicted molar refractivity (Wildman–Crippen MR) is 127 cm³/mol. The lowest BCUT2D eigenvalue weighted by molar-refractivity contribution is 0.0642. The molecular formula is C27H26N2O5. The molecule has 4 rings (SSSR count). The van der Waals surface area contributed by atoms with Gasteiger partial charge in [0.15, 0.2) is 0 Å². The minimum atomic E-state index is -0.341. The lowest BCUT2D eigenvalue weighted by Gasteiger charge is -2.27. The third kappa shape index (κ3) is 4.01. The lowest BCUT2D eigenvalue weighted by atomic mass is 10.0. The van der Waals surface area contributed by atoms with Gasteiger partial charge in [-0.2, -0.15) is 0 Å². The number of hydrogen-bond acceptors (Lipinski definition) is 5. The minimum absolute atomic E-state index is 0.0579. The molecule has 1 unspecified atom stereocenters. The number of methoxy groups -OCH3 is 2. The van der Waals surface area contributed by atoms with E-state index < -0.39 is 0 Å². The van der Waals surface area contributed by atoms with Crippen LogP contribution in [0.2, 0.25) is 0 Å². The zero-order valence-corrected chi connectivity index (χ0v) is 19.6. The smallest absolute Gasteiger partial charge is 0.261 e. The molecule has 0 spiro atoms. The lowest BCUT2D eigenvalue weighted by Crippen LogP contribution is -2.31. The van der Waals surface area contributed by atoms with E-state index in [1.165, 1.54) is 12.0 Å². The Hall–Kier alpha value is -4.13. The Bertz CT molecular complexity index is 1230. The quantitative estimate of drug-likeness (QED) is 0.493. The molecule has 0 aromatic heterocycles. The Morgan fingerprint density at radius 1 is 0.882 bits per heavy atom. The molecular weight excluding hydrogens is 432 g/mol. The van der Waals surface area contributed by atoms with Gasteiger partial charge in [0.2, 0.25) is 0 Å². The van der Waals surface area contributed by atoms with E-state index in [2.05, 4.69) is 0 Å². The van der Waals surface area contributed by atoms with Crippen molar-refractivity contribution in [1.82, 2.24) is 9.80 Å². The Balaban J connectivity index is 1.61. The van der Waals surface area contributed by atoms with Crippen LogP contribution in [0.5, 0.6) is 11.5 Å². The van der Waals surface area contributed by atoms with Crippen LogP contribution < -0.4 is 9.47 Å². The average molecular weight is 459 g/mol. The molecule has 34 heavy (non-hydrogen) atoms. The first-order valence-electron chi connectivity index (χ1n) is 10.9. The molecule has 3 aromatic carbocycles. The van der Waals surface area contributed by atoms with Gasteiger partial charge in [0.25, 0.3) is 17.7 Å². The van der Waals surface area contributed by atoms with Crippen molar-refractivity contribution in [2.75, 3.05) is 21.3 Å². The molecule has 0 fully saturated rings. The molecule has 0 aliphatic carbocycles. The van der Waals surface area contributed by atoms with Crippen molar-refractivity contribution in [2.24, 2.45) is 0 Å². The molecule has 1 heterocycles. The van der Waals surface area contributed by atoms with Crippen molar-refractivity contribution in [2.45, 2.75) is 19.5 Å². The van der Waals surface area contributed by atoms with Gasteiger partial charge in [-0.1, -0.05) is 36.4 Å². The zero-order chi connectivity index (χ0) is 24.4. The van der Waals surface area contributed by atoms with Gasteiger partial charge in [0, 0.05) is 12.6 Å². The Kier molecular flexibility index (Phi) is 6.36. The number of amides is 3. The van der Waals surface area contributed by atoms with Crippen molar-refractivity contribution in [1.29, 1.82) is 0 Å². The topological polar surface area (TPSA) is 76.2 Å². The zero-order valence-electron chi connectivity index (χ0n) is 19.6. The first-order valence-corrected chi connectivity index (χ1v) is 10.9. The Morgan fingerprint density at radius 2 is 1.47 bits per heavy atom. The van der Waals surface area contributed by atoms with Gasteiger partial charge in [0.1, 0.15) is 11.5 Å². The van der Waals surface area contributed by atoms with Gasteiger partial charge >= 0.3 is 0 Å². The van der Waals surface area contributed by atoms with Gasteiger partial charge in [0.05, 0.1) is 43.5 Å². The highest BCUT2D eigenvalue weighted by Gasteiger charge is 2.35. The predicted octanol–water partition coefficient (Wildman–Crippen LogP) is 4.33. The third-order valence-electron chi connectivity index (χ3n) is 6.20. The van der Waals surface area contributed by atoms with E-state index in [-0.39, 0.29) is 30.3 Å². The maximum absolute atomic E-state index is 13.5. The summed E-state index contributed by atoms with van der Waals surface area (Å²) in [6.07, 6.45) is 0. The van der Waals surface area contributed by atoms with Crippen molar-refractivity contribution >= 4 is 17.7 Å². The normalized spacial score (nSPS) is 13.5.